The minimum Gasteiger partial charge on any atom is -0.391 e. The van der Waals surface area contributed by atoms with Gasteiger partial charge in [0.1, 0.15) is 0 Å². The molecule has 2 fully saturated rings. The first-order valence-electron chi connectivity index (χ1n) is 7.28. The van der Waals surface area contributed by atoms with Gasteiger partial charge in [0, 0.05) is 36.9 Å². The van der Waals surface area contributed by atoms with E-state index in [0.717, 1.165) is 18.4 Å². The van der Waals surface area contributed by atoms with E-state index in [-0.39, 0.29) is 17.9 Å². The van der Waals surface area contributed by atoms with Crippen molar-refractivity contribution in [2.75, 3.05) is 0 Å². The van der Waals surface area contributed by atoms with Gasteiger partial charge in [-0.05, 0) is 43.4 Å². The molecule has 0 saturated heterocycles. The summed E-state index contributed by atoms with van der Waals surface area (Å²) in [5, 5.41) is 9.74. The van der Waals surface area contributed by atoms with Gasteiger partial charge in [0.15, 0.2) is 0 Å². The highest BCUT2D eigenvalue weighted by atomic mass is 16.3. The van der Waals surface area contributed by atoms with E-state index in [0.29, 0.717) is 25.4 Å². The first kappa shape index (κ1) is 13.5. The number of hydrogen-bond donors (Lipinski definition) is 2. The lowest BCUT2D eigenvalue weighted by atomic mass is 10.1. The molecule has 0 radical (unpaired) electrons. The zero-order valence-electron chi connectivity index (χ0n) is 11.5. The number of carbonyl (C=O) groups is 1. The maximum absolute atomic E-state index is 12.7. The van der Waals surface area contributed by atoms with Crippen molar-refractivity contribution in [1.82, 2.24) is 9.88 Å². The second kappa shape index (κ2) is 5.50. The number of aliphatic hydroxyl groups excluding tert-OH is 1. The number of rotatable bonds is 4. The highest BCUT2D eigenvalue weighted by Gasteiger charge is 2.40. The van der Waals surface area contributed by atoms with Crippen LogP contribution < -0.4 is 5.73 Å². The van der Waals surface area contributed by atoms with Crippen LogP contribution in [-0.2, 0) is 11.3 Å². The Kier molecular flexibility index (Phi) is 3.72. The molecule has 2 aliphatic carbocycles. The number of hydrogen-bond acceptors (Lipinski definition) is 4. The van der Waals surface area contributed by atoms with Crippen LogP contribution in [0.5, 0.6) is 0 Å². The zero-order valence-corrected chi connectivity index (χ0v) is 11.5. The summed E-state index contributed by atoms with van der Waals surface area (Å²) in [6.07, 6.45) is 6.22. The second-order valence-electron chi connectivity index (χ2n) is 5.95. The Morgan fingerprint density at radius 3 is 2.60 bits per heavy atom. The molecule has 3 rings (SSSR count). The Balaban J connectivity index is 1.69. The highest BCUT2D eigenvalue weighted by Crippen LogP contribution is 2.33. The molecule has 5 heteroatoms. The maximum atomic E-state index is 12.7. The highest BCUT2D eigenvalue weighted by molar-refractivity contribution is 5.80. The molecule has 0 aromatic carbocycles. The molecule has 1 heterocycles. The van der Waals surface area contributed by atoms with Crippen molar-refractivity contribution in [3.63, 3.8) is 0 Å². The summed E-state index contributed by atoms with van der Waals surface area (Å²) < 4.78 is 0. The van der Waals surface area contributed by atoms with E-state index in [2.05, 4.69) is 4.98 Å². The molecule has 3 atom stereocenters. The van der Waals surface area contributed by atoms with Crippen LogP contribution in [0.4, 0.5) is 0 Å². The Labute approximate surface area is 118 Å². The zero-order chi connectivity index (χ0) is 14.1. The molecular weight excluding hydrogens is 254 g/mol. The summed E-state index contributed by atoms with van der Waals surface area (Å²) in [5.41, 5.74) is 6.92. The lowest BCUT2D eigenvalue weighted by molar-refractivity contribution is -0.136. The van der Waals surface area contributed by atoms with Crippen LogP contribution in [0, 0.1) is 5.92 Å². The number of aromatic nitrogens is 1. The molecule has 5 nitrogen and oxygen atoms in total. The average molecular weight is 275 g/mol. The molecule has 1 aromatic rings. The number of nitrogens with zero attached hydrogens (tertiary/aromatic N) is 2. The van der Waals surface area contributed by atoms with E-state index in [4.69, 9.17) is 5.73 Å². The van der Waals surface area contributed by atoms with E-state index in [9.17, 15) is 9.90 Å². The standard InChI is InChI=1S/C15H21N3O2/c16-13-7-11(8-14(13)19)15(20)18(12-1-2-12)9-10-3-5-17-6-4-10/h3-6,11-14,19H,1-2,7-9,16H2/t11-,13+,14+/m0/s1. The average Bonchev–Trinajstić information content (AvgIpc) is 3.23. The van der Waals surface area contributed by atoms with Crippen molar-refractivity contribution < 1.29 is 9.90 Å². The fourth-order valence-corrected chi connectivity index (χ4v) is 2.94. The molecule has 0 bridgehead atoms. The van der Waals surface area contributed by atoms with Crippen molar-refractivity contribution >= 4 is 5.91 Å². The SMILES string of the molecule is N[C@@H]1C[C@H](C(=O)N(Cc2ccncc2)C2CC2)C[C@H]1O. The third-order valence-corrected chi connectivity index (χ3v) is 4.30. The van der Waals surface area contributed by atoms with Crippen molar-refractivity contribution in [2.45, 2.75) is 50.4 Å². The minimum absolute atomic E-state index is 0.123. The van der Waals surface area contributed by atoms with Crippen LogP contribution in [-0.4, -0.2) is 39.1 Å². The quantitative estimate of drug-likeness (QED) is 0.846. The van der Waals surface area contributed by atoms with Gasteiger partial charge in [-0.3, -0.25) is 9.78 Å². The van der Waals surface area contributed by atoms with Gasteiger partial charge in [-0.15, -0.1) is 0 Å². The smallest absolute Gasteiger partial charge is 0.226 e. The van der Waals surface area contributed by atoms with E-state index in [1.807, 2.05) is 17.0 Å². The molecule has 0 aliphatic heterocycles. The summed E-state index contributed by atoms with van der Waals surface area (Å²) in [7, 11) is 0. The molecule has 1 aromatic heterocycles. The van der Waals surface area contributed by atoms with Crippen LogP contribution in [0.25, 0.3) is 0 Å². The maximum Gasteiger partial charge on any atom is 0.226 e. The fraction of sp³-hybridized carbons (Fsp3) is 0.600. The van der Waals surface area contributed by atoms with Crippen molar-refractivity contribution in [3.05, 3.63) is 30.1 Å². The monoisotopic (exact) mass is 275 g/mol. The van der Waals surface area contributed by atoms with Gasteiger partial charge in [-0.2, -0.15) is 0 Å². The van der Waals surface area contributed by atoms with E-state index >= 15 is 0 Å². The van der Waals surface area contributed by atoms with Crippen LogP contribution in [0.2, 0.25) is 0 Å². The number of aliphatic hydroxyl groups is 1. The normalized spacial score (nSPS) is 29.4. The number of pyridine rings is 1. The van der Waals surface area contributed by atoms with Crippen LogP contribution >= 0.6 is 0 Å². The van der Waals surface area contributed by atoms with Crippen molar-refractivity contribution in [1.29, 1.82) is 0 Å². The molecular formula is C15H21N3O2. The molecule has 0 spiro atoms. The second-order valence-corrected chi connectivity index (χ2v) is 5.95. The topological polar surface area (TPSA) is 79.5 Å². The number of nitrogens with two attached hydrogens (primary N) is 1. The van der Waals surface area contributed by atoms with E-state index in [1.165, 1.54) is 0 Å². The molecule has 3 N–H and O–H groups in total. The van der Waals surface area contributed by atoms with Gasteiger partial charge in [0.05, 0.1) is 6.10 Å². The molecule has 108 valence electrons. The number of carbonyl (C=O) groups excluding carboxylic acids is 1. The Morgan fingerprint density at radius 1 is 1.35 bits per heavy atom. The molecule has 2 aliphatic rings. The van der Waals surface area contributed by atoms with Gasteiger partial charge in [-0.25, -0.2) is 0 Å². The van der Waals surface area contributed by atoms with E-state index in [1.54, 1.807) is 12.4 Å². The molecule has 0 unspecified atom stereocenters. The molecule has 20 heavy (non-hydrogen) atoms. The van der Waals surface area contributed by atoms with E-state index < -0.39 is 6.10 Å². The van der Waals surface area contributed by atoms with Crippen LogP contribution in [0.3, 0.4) is 0 Å². The van der Waals surface area contributed by atoms with Gasteiger partial charge in [0.25, 0.3) is 0 Å². The van der Waals surface area contributed by atoms with Gasteiger partial charge in [-0.1, -0.05) is 0 Å². The Bertz CT molecular complexity index is 465. The summed E-state index contributed by atoms with van der Waals surface area (Å²) >= 11 is 0. The minimum atomic E-state index is -0.536. The van der Waals surface area contributed by atoms with Gasteiger partial charge in [0.2, 0.25) is 5.91 Å². The lowest BCUT2D eigenvalue weighted by Crippen LogP contribution is -2.37. The largest absolute Gasteiger partial charge is 0.391 e. The molecule has 1 amide bonds. The molecule has 2 saturated carbocycles. The first-order valence-corrected chi connectivity index (χ1v) is 7.28. The third kappa shape index (κ3) is 2.83. The Morgan fingerprint density at radius 2 is 2.05 bits per heavy atom. The summed E-state index contributed by atoms with van der Waals surface area (Å²) in [6.45, 7) is 0.633. The fourth-order valence-electron chi connectivity index (χ4n) is 2.94. The summed E-state index contributed by atoms with van der Waals surface area (Å²) in [5.74, 6) is 0.0266. The summed E-state index contributed by atoms with van der Waals surface area (Å²) in [4.78, 5) is 18.6. The van der Waals surface area contributed by atoms with Gasteiger partial charge >= 0.3 is 0 Å². The lowest BCUT2D eigenvalue weighted by Gasteiger charge is -2.25. The predicted molar refractivity (Wildman–Crippen MR) is 74.5 cm³/mol. The first-order chi connectivity index (χ1) is 9.65. The van der Waals surface area contributed by atoms with Gasteiger partial charge < -0.3 is 15.7 Å². The number of amides is 1. The van der Waals surface area contributed by atoms with Crippen LogP contribution in [0.15, 0.2) is 24.5 Å². The van der Waals surface area contributed by atoms with Crippen molar-refractivity contribution in [2.24, 2.45) is 11.7 Å². The Hall–Kier alpha value is -1.46. The van der Waals surface area contributed by atoms with Crippen LogP contribution in [0.1, 0.15) is 31.2 Å². The third-order valence-electron chi connectivity index (χ3n) is 4.30. The van der Waals surface area contributed by atoms with Crippen molar-refractivity contribution in [3.8, 4) is 0 Å². The predicted octanol–water partition coefficient (Wildman–Crippen LogP) is 0.671. The summed E-state index contributed by atoms with van der Waals surface area (Å²) in [6, 6.07) is 3.99.